The molecule has 0 atom stereocenters. The number of nitriles is 1. The number of hydrogen-bond acceptors (Lipinski definition) is 4. The van der Waals surface area contributed by atoms with Gasteiger partial charge < -0.3 is 10.0 Å². The Morgan fingerprint density at radius 2 is 2.22 bits per heavy atom. The molecule has 2 rings (SSSR count). The molecule has 1 aromatic rings. The molecule has 0 spiro atoms. The predicted octanol–water partition coefficient (Wildman–Crippen LogP) is 1.97. The molecule has 18 heavy (non-hydrogen) atoms. The van der Waals surface area contributed by atoms with E-state index in [0.29, 0.717) is 11.8 Å². The number of phenols is 1. The Morgan fingerprint density at radius 3 is 2.89 bits per heavy atom. The second kappa shape index (κ2) is 5.59. The van der Waals surface area contributed by atoms with E-state index in [9.17, 15) is 9.90 Å². The monoisotopic (exact) mass is 242 g/mol. The van der Waals surface area contributed by atoms with Crippen molar-refractivity contribution in [2.45, 2.75) is 19.1 Å². The van der Waals surface area contributed by atoms with Crippen molar-refractivity contribution >= 4 is 18.7 Å². The van der Waals surface area contributed by atoms with Gasteiger partial charge in [0.15, 0.2) is 6.29 Å². The second-order valence-electron chi connectivity index (χ2n) is 4.60. The van der Waals surface area contributed by atoms with Gasteiger partial charge in [-0.05, 0) is 24.9 Å². The third kappa shape index (κ3) is 2.65. The van der Waals surface area contributed by atoms with Gasteiger partial charge in [-0.3, -0.25) is 4.79 Å². The van der Waals surface area contributed by atoms with Crippen molar-refractivity contribution in [1.29, 1.82) is 5.26 Å². The van der Waals surface area contributed by atoms with Crippen LogP contribution in [0.25, 0.3) is 0 Å². The zero-order valence-corrected chi connectivity index (χ0v) is 10.2. The molecule has 1 saturated heterocycles. The Morgan fingerprint density at radius 1 is 1.39 bits per heavy atom. The molecule has 1 aromatic carbocycles. The summed E-state index contributed by atoms with van der Waals surface area (Å²) in [6, 6.07) is 5.09. The molecule has 92 valence electrons. The second-order valence-corrected chi connectivity index (χ2v) is 4.60. The topological polar surface area (TPSA) is 64.3 Å². The number of benzene rings is 1. The van der Waals surface area contributed by atoms with E-state index in [1.165, 1.54) is 0 Å². The lowest BCUT2D eigenvalue weighted by Gasteiger charge is -2.23. The summed E-state index contributed by atoms with van der Waals surface area (Å²) in [5, 5.41) is 18.6. The van der Waals surface area contributed by atoms with Crippen LogP contribution in [-0.4, -0.2) is 31.2 Å². The molecule has 5 heteroatoms. The highest BCUT2D eigenvalue weighted by Gasteiger charge is 2.20. The lowest BCUT2D eigenvalue weighted by molar-refractivity contribution is 0.112. The van der Waals surface area contributed by atoms with Gasteiger partial charge in [0.1, 0.15) is 5.75 Å². The molecule has 1 heterocycles. The average Bonchev–Trinajstić information content (AvgIpc) is 2.63. The minimum absolute atomic E-state index is 0.0172. The van der Waals surface area contributed by atoms with Gasteiger partial charge in [-0.15, -0.1) is 0 Å². The van der Waals surface area contributed by atoms with Crippen molar-refractivity contribution < 1.29 is 9.90 Å². The molecule has 1 aliphatic heterocycles. The smallest absolute Gasteiger partial charge is 0.269 e. The lowest BCUT2D eigenvalue weighted by Crippen LogP contribution is -2.24. The number of carbonyl (C=O) groups excluding carboxylic acids is 1. The zero-order chi connectivity index (χ0) is 13.0. The highest BCUT2D eigenvalue weighted by molar-refractivity contribution is 6.67. The molecule has 0 amide bonds. The van der Waals surface area contributed by atoms with Crippen LogP contribution >= 0.6 is 0 Å². The summed E-state index contributed by atoms with van der Waals surface area (Å²) in [7, 11) is 0. The van der Waals surface area contributed by atoms with Crippen LogP contribution in [0.1, 0.15) is 16.8 Å². The number of rotatable bonds is 2. The number of phenolic OH excluding ortho intramolecular Hbond substituents is 1. The first kappa shape index (κ1) is 12.5. The average molecular weight is 242 g/mol. The maximum absolute atomic E-state index is 10.6. The van der Waals surface area contributed by atoms with Crippen molar-refractivity contribution in [3.63, 3.8) is 0 Å². The van der Waals surface area contributed by atoms with Crippen molar-refractivity contribution in [2.75, 3.05) is 18.0 Å². The minimum Gasteiger partial charge on any atom is -0.507 e. The lowest BCUT2D eigenvalue weighted by atomic mass is 9.46. The fourth-order valence-electron chi connectivity index (χ4n) is 2.31. The third-order valence-corrected chi connectivity index (χ3v) is 3.42. The standard InChI is InChI=1S/C13H15BN2O2/c15-10-14-4-1-6-16(7-5-14)12-3-2-11(9-17)13(18)8-12/h2-3,8-9,18H,1,4-7H2. The van der Waals surface area contributed by atoms with E-state index in [1.807, 2.05) is 6.07 Å². The summed E-state index contributed by atoms with van der Waals surface area (Å²) in [5.74, 6) is 2.34. The summed E-state index contributed by atoms with van der Waals surface area (Å²) < 4.78 is 0. The summed E-state index contributed by atoms with van der Waals surface area (Å²) in [6.07, 6.45) is 3.42. The molecular formula is C13H15BN2O2. The number of hydrogen-bond donors (Lipinski definition) is 1. The third-order valence-electron chi connectivity index (χ3n) is 3.42. The molecule has 1 fully saturated rings. The van der Waals surface area contributed by atoms with Crippen molar-refractivity contribution in [2.24, 2.45) is 0 Å². The van der Waals surface area contributed by atoms with Gasteiger partial charge in [0.05, 0.1) is 5.56 Å². The highest BCUT2D eigenvalue weighted by atomic mass is 16.3. The normalized spacial score (nSPS) is 15.9. The molecule has 0 aromatic heterocycles. The van der Waals surface area contributed by atoms with Crippen LogP contribution in [0.3, 0.4) is 0 Å². The highest BCUT2D eigenvalue weighted by Crippen LogP contribution is 2.25. The Bertz CT molecular complexity index is 484. The van der Waals surface area contributed by atoms with Gasteiger partial charge >= 0.3 is 0 Å². The first-order valence-corrected chi connectivity index (χ1v) is 6.17. The van der Waals surface area contributed by atoms with Crippen molar-refractivity contribution in [3.8, 4) is 11.7 Å². The quantitative estimate of drug-likeness (QED) is 0.636. The molecule has 1 aliphatic rings. The molecule has 0 radical (unpaired) electrons. The first-order chi connectivity index (χ1) is 8.74. The van der Waals surface area contributed by atoms with Gasteiger partial charge in [0, 0.05) is 30.8 Å². The van der Waals surface area contributed by atoms with E-state index < -0.39 is 0 Å². The number of anilines is 1. The minimum atomic E-state index is 0.0172. The first-order valence-electron chi connectivity index (χ1n) is 6.17. The van der Waals surface area contributed by atoms with Crippen LogP contribution in [-0.2, 0) is 0 Å². The van der Waals surface area contributed by atoms with Crippen LogP contribution < -0.4 is 4.90 Å². The van der Waals surface area contributed by atoms with E-state index in [1.54, 1.807) is 12.1 Å². The zero-order valence-electron chi connectivity index (χ0n) is 10.2. The Balaban J connectivity index is 2.14. The molecule has 0 saturated carbocycles. The fourth-order valence-corrected chi connectivity index (χ4v) is 2.31. The Kier molecular flexibility index (Phi) is 3.88. The van der Waals surface area contributed by atoms with Crippen LogP contribution in [0.15, 0.2) is 18.2 Å². The molecule has 0 bridgehead atoms. The summed E-state index contributed by atoms with van der Waals surface area (Å²) in [5.41, 5.74) is 1.22. The number of aldehydes is 1. The maximum atomic E-state index is 10.6. The van der Waals surface area contributed by atoms with Crippen molar-refractivity contribution in [3.05, 3.63) is 23.8 Å². The van der Waals surface area contributed by atoms with E-state index >= 15 is 0 Å². The molecule has 1 N–H and O–H groups in total. The predicted molar refractivity (Wildman–Crippen MR) is 71.3 cm³/mol. The van der Waals surface area contributed by atoms with Crippen LogP contribution in [0.4, 0.5) is 5.69 Å². The van der Waals surface area contributed by atoms with Gasteiger partial charge in [0.2, 0.25) is 0 Å². The largest absolute Gasteiger partial charge is 0.507 e. The summed E-state index contributed by atoms with van der Waals surface area (Å²) >= 11 is 0. The summed E-state index contributed by atoms with van der Waals surface area (Å²) in [6.45, 7) is 1.84. The van der Waals surface area contributed by atoms with E-state index in [0.717, 1.165) is 37.8 Å². The van der Waals surface area contributed by atoms with Crippen LogP contribution in [0, 0.1) is 11.2 Å². The molecule has 0 unspecified atom stereocenters. The maximum Gasteiger partial charge on any atom is 0.269 e. The number of nitrogens with zero attached hydrogens (tertiary/aromatic N) is 2. The molecular weight excluding hydrogens is 227 g/mol. The van der Waals surface area contributed by atoms with E-state index in [-0.39, 0.29) is 12.5 Å². The van der Waals surface area contributed by atoms with Gasteiger partial charge in [-0.1, -0.05) is 6.32 Å². The molecule has 0 aliphatic carbocycles. The Hall–Kier alpha value is -1.96. The van der Waals surface area contributed by atoms with Gasteiger partial charge in [0.25, 0.3) is 6.71 Å². The molecule has 4 nitrogen and oxygen atoms in total. The number of carbonyl (C=O) groups is 1. The van der Waals surface area contributed by atoms with Crippen molar-refractivity contribution in [1.82, 2.24) is 0 Å². The van der Waals surface area contributed by atoms with Crippen LogP contribution in [0.5, 0.6) is 5.75 Å². The van der Waals surface area contributed by atoms with E-state index in [4.69, 9.17) is 5.26 Å². The fraction of sp³-hybridized carbons (Fsp3) is 0.385. The van der Waals surface area contributed by atoms with Crippen LogP contribution in [0.2, 0.25) is 12.6 Å². The van der Waals surface area contributed by atoms with E-state index in [2.05, 4.69) is 10.9 Å². The SMILES string of the molecule is N#CB1CCCN(c2ccc(C=O)c(O)c2)CC1. The number of aromatic hydroxyl groups is 1. The van der Waals surface area contributed by atoms with Gasteiger partial charge in [-0.2, -0.15) is 0 Å². The summed E-state index contributed by atoms with van der Waals surface area (Å²) in [4.78, 5) is 12.8. The van der Waals surface area contributed by atoms with Gasteiger partial charge in [-0.25, -0.2) is 5.26 Å². The Labute approximate surface area is 107 Å².